The van der Waals surface area contributed by atoms with Crippen LogP contribution >= 0.6 is 11.6 Å². The fraction of sp³-hybridized carbons (Fsp3) is 0.120. The number of benzene rings is 3. The van der Waals surface area contributed by atoms with Gasteiger partial charge in [0.05, 0.1) is 28.9 Å². The molecule has 34 heavy (non-hydrogen) atoms. The Kier molecular flexibility index (Phi) is 6.43. The van der Waals surface area contributed by atoms with Crippen LogP contribution in [0.25, 0.3) is 0 Å². The lowest BCUT2D eigenvalue weighted by molar-refractivity contribution is -0.123. The molecule has 0 bridgehead atoms. The highest BCUT2D eigenvalue weighted by Crippen LogP contribution is 2.26. The van der Waals surface area contributed by atoms with Gasteiger partial charge in [0.25, 0.3) is 17.7 Å². The summed E-state index contributed by atoms with van der Waals surface area (Å²) in [5.74, 6) is -3.34. The average Bonchev–Trinajstić information content (AvgIpc) is 3.05. The molecule has 1 aliphatic heterocycles. The van der Waals surface area contributed by atoms with Gasteiger partial charge in [-0.15, -0.1) is 0 Å². The molecule has 1 aliphatic rings. The number of anilines is 1. The van der Waals surface area contributed by atoms with E-state index in [4.69, 9.17) is 16.3 Å². The molecule has 0 fully saturated rings. The lowest BCUT2D eigenvalue weighted by Crippen LogP contribution is -2.30. The van der Waals surface area contributed by atoms with E-state index in [-0.39, 0.29) is 33.9 Å². The smallest absolute Gasteiger partial charge is 0.338 e. The maximum atomic E-state index is 13.9. The fourth-order valence-electron chi connectivity index (χ4n) is 3.43. The lowest BCUT2D eigenvalue weighted by Gasteiger charge is -2.14. The van der Waals surface area contributed by atoms with Crippen molar-refractivity contribution in [3.63, 3.8) is 0 Å². The Morgan fingerprint density at radius 3 is 2.41 bits per heavy atom. The first-order chi connectivity index (χ1) is 16.2. The van der Waals surface area contributed by atoms with Gasteiger partial charge in [0.1, 0.15) is 5.82 Å². The Hall–Kier alpha value is -4.04. The number of hydrogen-bond donors (Lipinski definition) is 1. The van der Waals surface area contributed by atoms with Gasteiger partial charge in [-0.3, -0.25) is 19.3 Å². The van der Waals surface area contributed by atoms with Gasteiger partial charge in [0.2, 0.25) is 0 Å². The number of nitrogens with one attached hydrogen (secondary N) is 1. The summed E-state index contributed by atoms with van der Waals surface area (Å²) in [5, 5.41) is 2.49. The number of ether oxygens (including phenoxy) is 1. The van der Waals surface area contributed by atoms with Gasteiger partial charge in [-0.1, -0.05) is 41.9 Å². The van der Waals surface area contributed by atoms with Gasteiger partial charge in [-0.25, -0.2) is 9.18 Å². The van der Waals surface area contributed by atoms with Gasteiger partial charge >= 0.3 is 5.97 Å². The molecule has 1 unspecified atom stereocenters. The van der Waals surface area contributed by atoms with Crippen molar-refractivity contribution in [1.82, 2.24) is 4.90 Å². The average molecular weight is 481 g/mol. The number of carbonyl (C=O) groups excluding carboxylic acids is 4. The first-order valence-corrected chi connectivity index (χ1v) is 10.6. The number of hydrogen-bond acceptors (Lipinski definition) is 5. The summed E-state index contributed by atoms with van der Waals surface area (Å²) in [6.45, 7) is 1.43. The number of fused-ring (bicyclic) bond motifs is 1. The minimum atomic E-state index is -1.26. The molecule has 9 heteroatoms. The summed E-state index contributed by atoms with van der Waals surface area (Å²) in [4.78, 5) is 51.5. The zero-order valence-electron chi connectivity index (χ0n) is 17.9. The van der Waals surface area contributed by atoms with E-state index in [1.165, 1.54) is 37.3 Å². The molecule has 4 rings (SSSR count). The number of rotatable bonds is 6. The van der Waals surface area contributed by atoms with Crippen LogP contribution in [-0.4, -0.2) is 34.7 Å². The second-order valence-corrected chi connectivity index (χ2v) is 8.04. The molecule has 1 N–H and O–H groups in total. The van der Waals surface area contributed by atoms with Crippen molar-refractivity contribution in [3.05, 3.63) is 99.8 Å². The molecule has 0 aliphatic carbocycles. The molecular weight excluding hydrogens is 463 g/mol. The Bertz CT molecular complexity index is 1310. The normalized spacial score (nSPS) is 13.4. The zero-order chi connectivity index (χ0) is 24.4. The summed E-state index contributed by atoms with van der Waals surface area (Å²) in [7, 11) is 0. The van der Waals surface area contributed by atoms with E-state index in [1.54, 1.807) is 24.3 Å². The third kappa shape index (κ3) is 4.67. The molecule has 1 atom stereocenters. The second kappa shape index (κ2) is 9.44. The summed E-state index contributed by atoms with van der Waals surface area (Å²) in [5.41, 5.74) is 0.932. The summed E-state index contributed by atoms with van der Waals surface area (Å²) in [6, 6.07) is 16.8. The van der Waals surface area contributed by atoms with Crippen LogP contribution in [-0.2, 0) is 16.1 Å². The maximum absolute atomic E-state index is 13.9. The molecule has 0 saturated carbocycles. The monoisotopic (exact) mass is 480 g/mol. The molecule has 172 valence electrons. The minimum absolute atomic E-state index is 0.00113. The van der Waals surface area contributed by atoms with E-state index in [1.807, 2.05) is 6.07 Å². The second-order valence-electron chi connectivity index (χ2n) is 7.60. The van der Waals surface area contributed by atoms with Crippen molar-refractivity contribution in [2.24, 2.45) is 0 Å². The fourth-order valence-corrected chi connectivity index (χ4v) is 3.59. The van der Waals surface area contributed by atoms with Crippen molar-refractivity contribution in [2.45, 2.75) is 19.6 Å². The number of imide groups is 1. The Morgan fingerprint density at radius 2 is 1.71 bits per heavy atom. The lowest BCUT2D eigenvalue weighted by atomic mass is 10.1. The third-order valence-electron chi connectivity index (χ3n) is 5.23. The van der Waals surface area contributed by atoms with Crippen LogP contribution < -0.4 is 5.32 Å². The molecule has 3 aromatic rings. The summed E-state index contributed by atoms with van der Waals surface area (Å²) >= 11 is 5.69. The molecule has 0 aromatic heterocycles. The van der Waals surface area contributed by atoms with Crippen LogP contribution in [0.2, 0.25) is 5.02 Å². The first-order valence-electron chi connectivity index (χ1n) is 10.3. The van der Waals surface area contributed by atoms with Crippen LogP contribution in [0.3, 0.4) is 0 Å². The molecule has 1 heterocycles. The van der Waals surface area contributed by atoms with Gasteiger partial charge in [0.15, 0.2) is 6.10 Å². The molecule has 0 saturated heterocycles. The number of carbonyl (C=O) groups is 4. The van der Waals surface area contributed by atoms with Crippen molar-refractivity contribution in [2.75, 3.05) is 5.32 Å². The quantitative estimate of drug-likeness (QED) is 0.415. The molecular formula is C25H18ClFN2O5. The van der Waals surface area contributed by atoms with Crippen molar-refractivity contribution in [3.8, 4) is 0 Å². The number of halogens is 2. The molecule has 7 nitrogen and oxygen atoms in total. The maximum Gasteiger partial charge on any atom is 0.338 e. The van der Waals surface area contributed by atoms with Gasteiger partial charge < -0.3 is 10.1 Å². The van der Waals surface area contributed by atoms with E-state index >= 15 is 0 Å². The zero-order valence-corrected chi connectivity index (χ0v) is 18.6. The van der Waals surface area contributed by atoms with Gasteiger partial charge in [-0.05, 0) is 48.9 Å². The predicted molar refractivity (Wildman–Crippen MR) is 122 cm³/mol. The summed E-state index contributed by atoms with van der Waals surface area (Å²) < 4.78 is 19.1. The van der Waals surface area contributed by atoms with E-state index in [0.717, 1.165) is 16.5 Å². The van der Waals surface area contributed by atoms with Gasteiger partial charge in [0, 0.05) is 5.02 Å². The Labute approximate surface area is 199 Å². The number of esters is 1. The van der Waals surface area contributed by atoms with Gasteiger partial charge in [-0.2, -0.15) is 0 Å². The third-order valence-corrected chi connectivity index (χ3v) is 5.47. The first kappa shape index (κ1) is 23.1. The molecule has 0 spiro atoms. The predicted octanol–water partition coefficient (Wildman–Crippen LogP) is 4.46. The molecule has 3 amide bonds. The Balaban J connectivity index is 1.45. The highest BCUT2D eigenvalue weighted by Gasteiger charge is 2.36. The molecule has 3 aromatic carbocycles. The summed E-state index contributed by atoms with van der Waals surface area (Å²) in [6.07, 6.45) is -1.26. The largest absolute Gasteiger partial charge is 0.449 e. The highest BCUT2D eigenvalue weighted by molar-refractivity contribution is 6.30. The van der Waals surface area contributed by atoms with Crippen LogP contribution in [0.5, 0.6) is 0 Å². The van der Waals surface area contributed by atoms with Crippen molar-refractivity contribution in [1.29, 1.82) is 0 Å². The standard InChI is InChI=1S/C25H18ClFN2O5/c1-14(22(30)28-21-10-8-17(26)12-20(21)27)34-25(33)16-7-9-18-19(11-16)24(32)29(23(18)31)13-15-5-3-2-4-6-15/h2-12,14H,13H2,1H3,(H,28,30). The van der Waals surface area contributed by atoms with Crippen LogP contribution in [0.1, 0.15) is 43.6 Å². The topological polar surface area (TPSA) is 92.8 Å². The number of amides is 3. The molecule has 0 radical (unpaired) electrons. The van der Waals surface area contributed by atoms with Crippen LogP contribution in [0.15, 0.2) is 66.7 Å². The van der Waals surface area contributed by atoms with Crippen molar-refractivity contribution >= 4 is 41.0 Å². The van der Waals surface area contributed by atoms with Crippen LogP contribution in [0, 0.1) is 5.82 Å². The van der Waals surface area contributed by atoms with Crippen molar-refractivity contribution < 1.29 is 28.3 Å². The number of nitrogens with zero attached hydrogens (tertiary/aromatic N) is 1. The SMILES string of the molecule is CC(OC(=O)c1ccc2c(c1)C(=O)N(Cc1ccccc1)C2=O)C(=O)Nc1ccc(Cl)cc1F. The van der Waals surface area contributed by atoms with E-state index in [0.29, 0.717) is 0 Å². The Morgan fingerprint density at radius 1 is 1.00 bits per heavy atom. The van der Waals surface area contributed by atoms with E-state index in [2.05, 4.69) is 5.32 Å². The van der Waals surface area contributed by atoms with E-state index in [9.17, 15) is 23.6 Å². The van der Waals surface area contributed by atoms with Crippen LogP contribution in [0.4, 0.5) is 10.1 Å². The highest BCUT2D eigenvalue weighted by atomic mass is 35.5. The minimum Gasteiger partial charge on any atom is -0.449 e. The van der Waals surface area contributed by atoms with E-state index < -0.39 is 35.6 Å².